The lowest BCUT2D eigenvalue weighted by atomic mass is 9.96. The first-order valence-corrected chi connectivity index (χ1v) is 8.60. The summed E-state index contributed by atoms with van der Waals surface area (Å²) in [6.45, 7) is 1.74. The van der Waals surface area contributed by atoms with Crippen LogP contribution in [0, 0.1) is 5.82 Å². The molecule has 1 fully saturated rings. The van der Waals surface area contributed by atoms with Crippen LogP contribution in [0.5, 0.6) is 0 Å². The van der Waals surface area contributed by atoms with Crippen LogP contribution in [0.4, 0.5) is 10.1 Å². The van der Waals surface area contributed by atoms with Crippen LogP contribution in [0.1, 0.15) is 6.42 Å². The van der Waals surface area contributed by atoms with E-state index in [9.17, 15) is 14.0 Å². The number of nitrogens with one attached hydrogen (secondary N) is 2. The summed E-state index contributed by atoms with van der Waals surface area (Å²) >= 11 is 0. The molecule has 1 saturated heterocycles. The smallest absolute Gasteiger partial charge is 0.247 e. The number of carbonyl (C=O) groups excluding carboxylic acids is 2. The Hall–Kier alpha value is -2.19. The maximum atomic E-state index is 13.5. The zero-order valence-corrected chi connectivity index (χ0v) is 15.5. The molecule has 1 heterocycles. The zero-order valence-electron chi connectivity index (χ0n) is 15.5. The van der Waals surface area contributed by atoms with Crippen molar-refractivity contribution in [1.82, 2.24) is 15.1 Å². The molecule has 0 radical (unpaired) electrons. The highest BCUT2D eigenvalue weighted by molar-refractivity contribution is 5.91. The van der Waals surface area contributed by atoms with Crippen LogP contribution < -0.4 is 10.6 Å². The second-order valence-corrected chi connectivity index (χ2v) is 6.77. The van der Waals surface area contributed by atoms with Gasteiger partial charge in [-0.3, -0.25) is 9.59 Å². The average molecular weight is 366 g/mol. The van der Waals surface area contributed by atoms with Gasteiger partial charge in [-0.15, -0.1) is 0 Å². The maximum Gasteiger partial charge on any atom is 0.247 e. The highest BCUT2D eigenvalue weighted by Crippen LogP contribution is 2.27. The molecule has 26 heavy (non-hydrogen) atoms. The molecule has 1 aromatic carbocycles. The number of benzene rings is 1. The van der Waals surface area contributed by atoms with Gasteiger partial charge in [0.1, 0.15) is 11.4 Å². The van der Waals surface area contributed by atoms with Crippen molar-refractivity contribution in [2.75, 3.05) is 59.3 Å². The van der Waals surface area contributed by atoms with Crippen molar-refractivity contribution < 1.29 is 18.7 Å². The van der Waals surface area contributed by atoms with Gasteiger partial charge in [-0.05, 0) is 38.7 Å². The Labute approximate surface area is 153 Å². The molecule has 8 heteroatoms. The van der Waals surface area contributed by atoms with Crippen LogP contribution >= 0.6 is 0 Å². The molecule has 1 aliphatic rings. The third-order valence-electron chi connectivity index (χ3n) is 4.31. The van der Waals surface area contributed by atoms with Gasteiger partial charge in [-0.1, -0.05) is 6.07 Å². The fourth-order valence-corrected chi connectivity index (χ4v) is 3.02. The molecule has 1 aliphatic heterocycles. The number of carbonyl (C=O) groups is 2. The number of nitrogens with zero attached hydrogens (tertiary/aromatic N) is 2. The third-order valence-corrected chi connectivity index (χ3v) is 4.31. The van der Waals surface area contributed by atoms with E-state index >= 15 is 0 Å². The molecular formula is C18H27FN4O3. The van der Waals surface area contributed by atoms with Crippen LogP contribution in [0.15, 0.2) is 24.3 Å². The predicted octanol–water partition coefficient (Wildman–Crippen LogP) is 0.533. The van der Waals surface area contributed by atoms with Crippen LogP contribution in [0.25, 0.3) is 0 Å². The molecule has 1 atom stereocenters. The number of amides is 2. The fourth-order valence-electron chi connectivity index (χ4n) is 3.02. The van der Waals surface area contributed by atoms with Crippen molar-refractivity contribution in [2.24, 2.45) is 0 Å². The summed E-state index contributed by atoms with van der Waals surface area (Å²) in [6.07, 6.45) is 0.446. The molecule has 144 valence electrons. The Morgan fingerprint density at radius 3 is 2.81 bits per heavy atom. The minimum absolute atomic E-state index is 0.0393. The normalized spacial score (nSPS) is 19.7. The van der Waals surface area contributed by atoms with E-state index in [4.69, 9.17) is 4.74 Å². The molecule has 1 unspecified atom stereocenters. The molecule has 0 bridgehead atoms. The summed E-state index contributed by atoms with van der Waals surface area (Å²) in [5, 5.41) is 5.99. The minimum Gasteiger partial charge on any atom is -0.383 e. The molecule has 7 nitrogen and oxygen atoms in total. The summed E-state index contributed by atoms with van der Waals surface area (Å²) in [4.78, 5) is 28.7. The largest absolute Gasteiger partial charge is 0.383 e. The van der Waals surface area contributed by atoms with E-state index in [0.717, 1.165) is 0 Å². The Morgan fingerprint density at radius 1 is 1.38 bits per heavy atom. The van der Waals surface area contributed by atoms with Gasteiger partial charge in [0.2, 0.25) is 11.8 Å². The summed E-state index contributed by atoms with van der Waals surface area (Å²) in [5.74, 6) is -0.648. The monoisotopic (exact) mass is 366 g/mol. The van der Waals surface area contributed by atoms with Gasteiger partial charge < -0.3 is 25.2 Å². The van der Waals surface area contributed by atoms with Crippen molar-refractivity contribution in [2.45, 2.75) is 12.0 Å². The van der Waals surface area contributed by atoms with Gasteiger partial charge in [-0.25, -0.2) is 4.39 Å². The molecule has 0 saturated carbocycles. The fraction of sp³-hybridized carbons (Fsp3) is 0.556. The number of rotatable bonds is 8. The molecule has 0 aromatic heterocycles. The second-order valence-electron chi connectivity index (χ2n) is 6.77. The number of ether oxygens (including phenoxy) is 1. The summed E-state index contributed by atoms with van der Waals surface area (Å²) < 4.78 is 18.5. The Kier molecular flexibility index (Phi) is 6.93. The number of anilines is 1. The van der Waals surface area contributed by atoms with Gasteiger partial charge in [0.05, 0.1) is 19.7 Å². The molecule has 2 amide bonds. The zero-order chi connectivity index (χ0) is 19.2. The highest BCUT2D eigenvalue weighted by Gasteiger charge is 2.46. The third kappa shape index (κ3) is 5.15. The van der Waals surface area contributed by atoms with Crippen molar-refractivity contribution >= 4 is 17.5 Å². The summed E-state index contributed by atoms with van der Waals surface area (Å²) in [5.41, 5.74) is -0.488. The number of likely N-dealkylation sites (tertiary alicyclic amines) is 1. The van der Waals surface area contributed by atoms with Crippen molar-refractivity contribution in [3.63, 3.8) is 0 Å². The molecule has 1 aromatic rings. The Balaban J connectivity index is 2.17. The number of methoxy groups -OCH3 is 1. The minimum atomic E-state index is -0.997. The number of halogens is 1. The van der Waals surface area contributed by atoms with Gasteiger partial charge >= 0.3 is 0 Å². The van der Waals surface area contributed by atoms with E-state index in [1.54, 1.807) is 29.0 Å². The Bertz CT molecular complexity index is 641. The second kappa shape index (κ2) is 8.95. The van der Waals surface area contributed by atoms with Crippen LogP contribution in [0.2, 0.25) is 0 Å². The van der Waals surface area contributed by atoms with Crippen LogP contribution in [0.3, 0.4) is 0 Å². The van der Waals surface area contributed by atoms with Crippen molar-refractivity contribution in [3.05, 3.63) is 30.1 Å². The highest BCUT2D eigenvalue weighted by atomic mass is 19.1. The van der Waals surface area contributed by atoms with Crippen molar-refractivity contribution in [3.8, 4) is 0 Å². The van der Waals surface area contributed by atoms with Gasteiger partial charge in [0, 0.05) is 25.9 Å². The van der Waals surface area contributed by atoms with Crippen LogP contribution in [-0.4, -0.2) is 81.1 Å². The topological polar surface area (TPSA) is 73.9 Å². The number of likely N-dealkylation sites (N-methyl/N-ethyl adjacent to an activating group) is 1. The van der Waals surface area contributed by atoms with E-state index in [-0.39, 0.29) is 30.7 Å². The number of hydrogen-bond donors (Lipinski definition) is 2. The first-order valence-electron chi connectivity index (χ1n) is 8.60. The summed E-state index contributed by atoms with van der Waals surface area (Å²) in [7, 11) is 5.21. The van der Waals surface area contributed by atoms with Gasteiger partial charge in [-0.2, -0.15) is 0 Å². The molecule has 2 N–H and O–H groups in total. The number of hydrogen-bond acceptors (Lipinski definition) is 5. The summed E-state index contributed by atoms with van der Waals surface area (Å²) in [6, 6.07) is 5.97. The molecule has 0 spiro atoms. The SMILES string of the molecule is COCCNC(=O)C1(Nc2cccc(F)c2)CCN(C(=O)CN(C)C)C1. The average Bonchev–Trinajstić information content (AvgIpc) is 3.00. The first kappa shape index (κ1) is 20.1. The van der Waals surface area contributed by atoms with Crippen molar-refractivity contribution in [1.29, 1.82) is 0 Å². The lowest BCUT2D eigenvalue weighted by Crippen LogP contribution is -2.55. The van der Waals surface area contributed by atoms with E-state index in [2.05, 4.69) is 10.6 Å². The molecular weight excluding hydrogens is 339 g/mol. The van der Waals surface area contributed by atoms with Crippen LogP contribution in [-0.2, 0) is 14.3 Å². The lowest BCUT2D eigenvalue weighted by Gasteiger charge is -2.30. The van der Waals surface area contributed by atoms with Gasteiger partial charge in [0.25, 0.3) is 0 Å². The van der Waals surface area contributed by atoms with E-state index in [0.29, 0.717) is 31.8 Å². The standard InChI is InChI=1S/C18H27FN4O3/c1-22(2)12-16(24)23-9-7-18(13-23,17(25)20-8-10-26-3)21-15-6-4-5-14(19)11-15/h4-6,11,21H,7-10,12-13H2,1-3H3,(H,20,25). The quantitative estimate of drug-likeness (QED) is 0.657. The van der Waals surface area contributed by atoms with E-state index in [1.165, 1.54) is 12.1 Å². The lowest BCUT2D eigenvalue weighted by molar-refractivity contribution is -0.131. The van der Waals surface area contributed by atoms with E-state index in [1.807, 2.05) is 14.1 Å². The van der Waals surface area contributed by atoms with E-state index < -0.39 is 5.54 Å². The predicted molar refractivity (Wildman–Crippen MR) is 97.4 cm³/mol. The maximum absolute atomic E-state index is 13.5. The Morgan fingerprint density at radius 2 is 2.15 bits per heavy atom. The molecule has 2 rings (SSSR count). The first-order chi connectivity index (χ1) is 12.4. The molecule has 0 aliphatic carbocycles. The van der Waals surface area contributed by atoms with Gasteiger partial charge in [0.15, 0.2) is 0 Å².